The van der Waals surface area contributed by atoms with Crippen molar-refractivity contribution in [3.8, 4) is 0 Å². The van der Waals surface area contributed by atoms with Crippen molar-refractivity contribution in [2.24, 2.45) is 5.92 Å². The van der Waals surface area contributed by atoms with Crippen molar-refractivity contribution in [2.75, 3.05) is 6.54 Å². The molecule has 17 heavy (non-hydrogen) atoms. The molecule has 0 aromatic rings. The first-order chi connectivity index (χ1) is 7.89. The normalized spacial score (nSPS) is 34.5. The lowest BCUT2D eigenvalue weighted by Gasteiger charge is -2.33. The summed E-state index contributed by atoms with van der Waals surface area (Å²) in [4.78, 5) is 0. The fraction of sp³-hybridized carbons (Fsp3) is 0.692. The average Bonchev–Trinajstić information content (AvgIpc) is 2.70. The minimum atomic E-state index is -0.714. The van der Waals surface area contributed by atoms with Crippen LogP contribution in [0.3, 0.4) is 0 Å². The molecule has 0 saturated carbocycles. The number of aliphatic hydroxyl groups is 1. The van der Waals surface area contributed by atoms with Gasteiger partial charge < -0.3 is 10.4 Å². The van der Waals surface area contributed by atoms with E-state index in [9.17, 15) is 5.11 Å². The molecule has 1 heterocycles. The third kappa shape index (κ3) is 2.87. The number of halogens is 2. The first-order valence-corrected chi connectivity index (χ1v) is 6.87. The van der Waals surface area contributed by atoms with Gasteiger partial charge in [0, 0.05) is 11.1 Å². The van der Waals surface area contributed by atoms with Crippen molar-refractivity contribution in [3.05, 3.63) is 22.8 Å². The summed E-state index contributed by atoms with van der Waals surface area (Å²) in [6, 6.07) is 0.0999. The molecule has 1 saturated heterocycles. The Morgan fingerprint density at radius 1 is 1.41 bits per heavy atom. The Balaban J connectivity index is 2.18. The highest BCUT2D eigenvalue weighted by Crippen LogP contribution is 2.37. The third-order valence-corrected chi connectivity index (χ3v) is 4.52. The summed E-state index contributed by atoms with van der Waals surface area (Å²) in [5.74, 6) is 0.359. The van der Waals surface area contributed by atoms with Gasteiger partial charge in [-0.15, -0.1) is 11.6 Å². The molecule has 2 nitrogen and oxygen atoms in total. The molecular formula is C13H19Cl2NO. The van der Waals surface area contributed by atoms with Gasteiger partial charge in [0.2, 0.25) is 0 Å². The molecule has 0 spiro atoms. The first-order valence-electron chi connectivity index (χ1n) is 6.05. The van der Waals surface area contributed by atoms with E-state index in [0.29, 0.717) is 11.0 Å². The smallest absolute Gasteiger partial charge is 0.0749 e. The van der Waals surface area contributed by atoms with Crippen LogP contribution in [0.15, 0.2) is 22.8 Å². The molecule has 1 fully saturated rings. The first kappa shape index (κ1) is 13.4. The summed E-state index contributed by atoms with van der Waals surface area (Å²) < 4.78 is 0. The third-order valence-electron chi connectivity index (χ3n) is 3.63. The van der Waals surface area contributed by atoms with Crippen LogP contribution >= 0.6 is 23.2 Å². The maximum Gasteiger partial charge on any atom is 0.0749 e. The SMILES string of the molecule is CC(C)(O)C1NCCC1C1=CC=C(Cl)C(Cl)C1. The Labute approximate surface area is 113 Å². The monoisotopic (exact) mass is 275 g/mol. The molecule has 0 bridgehead atoms. The Hall–Kier alpha value is -0.0200. The van der Waals surface area contributed by atoms with Crippen LogP contribution in [0.1, 0.15) is 26.7 Å². The van der Waals surface area contributed by atoms with Crippen LogP contribution < -0.4 is 5.32 Å². The van der Waals surface area contributed by atoms with E-state index in [1.165, 1.54) is 5.57 Å². The lowest BCUT2D eigenvalue weighted by atomic mass is 9.80. The molecule has 0 amide bonds. The number of hydrogen-bond donors (Lipinski definition) is 2. The second-order valence-corrected chi connectivity index (χ2v) is 6.41. The van der Waals surface area contributed by atoms with Gasteiger partial charge in [0.05, 0.1) is 11.0 Å². The van der Waals surface area contributed by atoms with Crippen molar-refractivity contribution in [2.45, 2.75) is 43.7 Å². The van der Waals surface area contributed by atoms with Crippen LogP contribution in [0.5, 0.6) is 0 Å². The van der Waals surface area contributed by atoms with E-state index in [1.807, 2.05) is 19.9 Å². The highest BCUT2D eigenvalue weighted by molar-refractivity contribution is 6.37. The van der Waals surface area contributed by atoms with Crippen molar-refractivity contribution in [1.82, 2.24) is 5.32 Å². The molecule has 1 aliphatic heterocycles. The van der Waals surface area contributed by atoms with Gasteiger partial charge in [-0.2, -0.15) is 0 Å². The van der Waals surface area contributed by atoms with Gasteiger partial charge in [0.25, 0.3) is 0 Å². The van der Waals surface area contributed by atoms with E-state index >= 15 is 0 Å². The molecule has 2 N–H and O–H groups in total. The minimum Gasteiger partial charge on any atom is -0.389 e. The topological polar surface area (TPSA) is 32.3 Å². The number of rotatable bonds is 2. The fourth-order valence-corrected chi connectivity index (χ4v) is 3.17. The lowest BCUT2D eigenvalue weighted by molar-refractivity contribution is 0.0332. The predicted molar refractivity (Wildman–Crippen MR) is 72.5 cm³/mol. The van der Waals surface area contributed by atoms with Gasteiger partial charge in [-0.25, -0.2) is 0 Å². The highest BCUT2D eigenvalue weighted by Gasteiger charge is 2.39. The van der Waals surface area contributed by atoms with E-state index in [2.05, 4.69) is 11.4 Å². The van der Waals surface area contributed by atoms with E-state index in [0.717, 1.165) is 19.4 Å². The molecule has 3 atom stereocenters. The molecule has 2 rings (SSSR count). The Kier molecular flexibility index (Phi) is 3.89. The largest absolute Gasteiger partial charge is 0.389 e. The molecule has 4 heteroatoms. The van der Waals surface area contributed by atoms with Crippen molar-refractivity contribution < 1.29 is 5.11 Å². The van der Waals surface area contributed by atoms with Crippen LogP contribution in [0.4, 0.5) is 0 Å². The predicted octanol–water partition coefficient (Wildman–Crippen LogP) is 2.80. The lowest BCUT2D eigenvalue weighted by Crippen LogP contribution is -2.47. The van der Waals surface area contributed by atoms with E-state index in [-0.39, 0.29) is 11.4 Å². The summed E-state index contributed by atoms with van der Waals surface area (Å²) in [6.07, 6.45) is 5.79. The van der Waals surface area contributed by atoms with Gasteiger partial charge in [-0.1, -0.05) is 23.3 Å². The molecule has 1 aliphatic carbocycles. The number of allylic oxidation sites excluding steroid dienone is 3. The Morgan fingerprint density at radius 3 is 2.71 bits per heavy atom. The number of hydrogen-bond acceptors (Lipinski definition) is 2. The second kappa shape index (κ2) is 4.93. The minimum absolute atomic E-state index is 0.0999. The molecule has 3 unspecified atom stereocenters. The summed E-state index contributed by atoms with van der Waals surface area (Å²) in [7, 11) is 0. The molecule has 0 aromatic heterocycles. The van der Waals surface area contributed by atoms with Crippen LogP contribution in [-0.4, -0.2) is 28.7 Å². The number of alkyl halides is 1. The number of nitrogens with one attached hydrogen (secondary N) is 1. The van der Waals surface area contributed by atoms with Gasteiger partial charge in [0.15, 0.2) is 0 Å². The fourth-order valence-electron chi connectivity index (χ4n) is 2.78. The quantitative estimate of drug-likeness (QED) is 0.760. The molecule has 96 valence electrons. The van der Waals surface area contributed by atoms with Crippen LogP contribution in [-0.2, 0) is 0 Å². The van der Waals surface area contributed by atoms with Gasteiger partial charge in [-0.05, 0) is 45.2 Å². The Morgan fingerprint density at radius 2 is 2.12 bits per heavy atom. The molecular weight excluding hydrogens is 257 g/mol. The summed E-state index contributed by atoms with van der Waals surface area (Å²) in [5.41, 5.74) is 0.584. The van der Waals surface area contributed by atoms with Gasteiger partial charge in [0.1, 0.15) is 0 Å². The molecule has 0 aromatic carbocycles. The maximum absolute atomic E-state index is 10.2. The van der Waals surface area contributed by atoms with Crippen LogP contribution in [0.25, 0.3) is 0 Å². The maximum atomic E-state index is 10.2. The second-order valence-electron chi connectivity index (χ2n) is 5.45. The average molecular weight is 276 g/mol. The van der Waals surface area contributed by atoms with E-state index in [1.54, 1.807) is 0 Å². The zero-order chi connectivity index (χ0) is 12.6. The van der Waals surface area contributed by atoms with Gasteiger partial charge >= 0.3 is 0 Å². The molecule has 0 radical (unpaired) electrons. The van der Waals surface area contributed by atoms with Crippen LogP contribution in [0, 0.1) is 5.92 Å². The molecule has 2 aliphatic rings. The summed E-state index contributed by atoms with van der Waals surface area (Å²) >= 11 is 12.2. The van der Waals surface area contributed by atoms with E-state index in [4.69, 9.17) is 23.2 Å². The summed E-state index contributed by atoms with van der Waals surface area (Å²) in [6.45, 7) is 4.65. The zero-order valence-electron chi connectivity index (χ0n) is 10.2. The highest BCUT2D eigenvalue weighted by atomic mass is 35.5. The van der Waals surface area contributed by atoms with Crippen molar-refractivity contribution in [3.63, 3.8) is 0 Å². The van der Waals surface area contributed by atoms with Crippen molar-refractivity contribution >= 4 is 23.2 Å². The summed E-state index contributed by atoms with van der Waals surface area (Å²) in [5, 5.41) is 14.2. The van der Waals surface area contributed by atoms with E-state index < -0.39 is 5.60 Å². The van der Waals surface area contributed by atoms with Crippen molar-refractivity contribution in [1.29, 1.82) is 0 Å². The zero-order valence-corrected chi connectivity index (χ0v) is 11.7. The van der Waals surface area contributed by atoms with Gasteiger partial charge in [-0.3, -0.25) is 0 Å². The Bertz CT molecular complexity index is 357. The standard InChI is InChI=1S/C13H19Cl2NO/c1-13(2,17)12-9(5-6-16-12)8-3-4-10(14)11(15)7-8/h3-4,9,11-12,16-17H,5-7H2,1-2H3. The van der Waals surface area contributed by atoms with Crippen LogP contribution in [0.2, 0.25) is 0 Å².